The molecule has 0 bridgehead atoms. The van der Waals surface area contributed by atoms with Crippen LogP contribution >= 0.6 is 0 Å². The number of aliphatic hydroxyl groups is 3. The van der Waals surface area contributed by atoms with Crippen molar-refractivity contribution in [1.29, 1.82) is 0 Å². The smallest absolute Gasteiger partial charge is 0.161 e. The van der Waals surface area contributed by atoms with Crippen molar-refractivity contribution in [2.45, 2.75) is 38.3 Å². The number of para-hydroxylation sites is 2. The number of ether oxygens (including phenoxy) is 2. The minimum atomic E-state index is -1.55. The van der Waals surface area contributed by atoms with Crippen molar-refractivity contribution < 1.29 is 24.8 Å². The summed E-state index contributed by atoms with van der Waals surface area (Å²) >= 11 is 0. The zero-order valence-corrected chi connectivity index (χ0v) is 14.4. The molecule has 1 saturated carbocycles. The maximum absolute atomic E-state index is 10.4. The molecule has 1 fully saturated rings. The zero-order chi connectivity index (χ0) is 18.1. The van der Waals surface area contributed by atoms with Gasteiger partial charge in [0.1, 0.15) is 24.9 Å². The van der Waals surface area contributed by atoms with Crippen molar-refractivity contribution >= 4 is 0 Å². The van der Waals surface area contributed by atoms with Crippen LogP contribution in [0.1, 0.15) is 19.4 Å². The van der Waals surface area contributed by atoms with Gasteiger partial charge in [0.05, 0.1) is 6.10 Å². The van der Waals surface area contributed by atoms with Crippen LogP contribution in [0.3, 0.4) is 0 Å². The van der Waals surface area contributed by atoms with E-state index in [0.29, 0.717) is 18.1 Å². The molecule has 3 rings (SSSR count). The number of benzene rings is 2. The fourth-order valence-electron chi connectivity index (χ4n) is 3.08. The van der Waals surface area contributed by atoms with E-state index in [4.69, 9.17) is 9.47 Å². The molecule has 25 heavy (non-hydrogen) atoms. The van der Waals surface area contributed by atoms with E-state index in [1.165, 1.54) is 0 Å². The minimum Gasteiger partial charge on any atom is -0.487 e. The average molecular weight is 344 g/mol. The Balaban J connectivity index is 1.62. The normalized spacial score (nSPS) is 25.2. The fraction of sp³-hybridized carbons (Fsp3) is 0.400. The van der Waals surface area contributed by atoms with Crippen LogP contribution in [0.4, 0.5) is 0 Å². The summed E-state index contributed by atoms with van der Waals surface area (Å²) in [5.74, 6) is 1.04. The van der Waals surface area contributed by atoms with E-state index in [1.54, 1.807) is 26.0 Å². The van der Waals surface area contributed by atoms with Gasteiger partial charge >= 0.3 is 0 Å². The molecular weight excluding hydrogens is 320 g/mol. The molecule has 5 nitrogen and oxygen atoms in total. The van der Waals surface area contributed by atoms with Gasteiger partial charge in [0.15, 0.2) is 11.5 Å². The molecule has 2 aromatic rings. The third kappa shape index (κ3) is 3.23. The fourth-order valence-corrected chi connectivity index (χ4v) is 3.08. The van der Waals surface area contributed by atoms with Crippen LogP contribution in [0, 0.1) is 5.41 Å². The average Bonchev–Trinajstić information content (AvgIpc) is 3.03. The molecule has 0 amide bonds. The van der Waals surface area contributed by atoms with Crippen molar-refractivity contribution in [3.8, 4) is 11.5 Å². The van der Waals surface area contributed by atoms with Gasteiger partial charge in [0.2, 0.25) is 0 Å². The lowest BCUT2D eigenvalue weighted by Crippen LogP contribution is -2.39. The summed E-state index contributed by atoms with van der Waals surface area (Å²) in [7, 11) is 0. The van der Waals surface area contributed by atoms with E-state index < -0.39 is 23.2 Å². The summed E-state index contributed by atoms with van der Waals surface area (Å²) in [5, 5.41) is 30.5. The van der Waals surface area contributed by atoms with Crippen LogP contribution in [0.2, 0.25) is 0 Å². The monoisotopic (exact) mass is 344 g/mol. The molecular formula is C20H24O5. The van der Waals surface area contributed by atoms with Crippen LogP contribution in [-0.4, -0.2) is 39.7 Å². The minimum absolute atomic E-state index is 0.136. The van der Waals surface area contributed by atoms with Crippen molar-refractivity contribution in [1.82, 2.24) is 0 Å². The van der Waals surface area contributed by atoms with Crippen LogP contribution in [0.15, 0.2) is 54.6 Å². The Morgan fingerprint density at radius 3 is 2.04 bits per heavy atom. The zero-order valence-electron chi connectivity index (χ0n) is 14.4. The van der Waals surface area contributed by atoms with E-state index in [1.807, 2.05) is 42.5 Å². The first-order chi connectivity index (χ1) is 11.9. The number of rotatable bonds is 7. The van der Waals surface area contributed by atoms with Crippen LogP contribution < -0.4 is 9.47 Å². The molecule has 1 unspecified atom stereocenters. The topological polar surface area (TPSA) is 79.2 Å². The Labute approximate surface area is 147 Å². The molecule has 0 spiro atoms. The van der Waals surface area contributed by atoms with Crippen LogP contribution in [-0.2, 0) is 6.61 Å². The highest BCUT2D eigenvalue weighted by Crippen LogP contribution is 2.57. The van der Waals surface area contributed by atoms with E-state index in [0.717, 1.165) is 5.56 Å². The Hall–Kier alpha value is -2.08. The summed E-state index contributed by atoms with van der Waals surface area (Å²) in [5.41, 5.74) is -1.26. The molecule has 1 aliphatic carbocycles. The molecule has 3 N–H and O–H groups in total. The molecule has 0 saturated heterocycles. The van der Waals surface area contributed by atoms with E-state index >= 15 is 0 Å². The quantitative estimate of drug-likeness (QED) is 0.717. The summed E-state index contributed by atoms with van der Waals surface area (Å²) in [4.78, 5) is 0. The van der Waals surface area contributed by atoms with Gasteiger partial charge in [0.25, 0.3) is 0 Å². The summed E-state index contributed by atoms with van der Waals surface area (Å²) < 4.78 is 11.4. The van der Waals surface area contributed by atoms with Gasteiger partial charge in [-0.05, 0) is 17.7 Å². The molecule has 0 aliphatic heterocycles. The predicted molar refractivity (Wildman–Crippen MR) is 93.5 cm³/mol. The number of hydrogen-bond acceptors (Lipinski definition) is 5. The van der Waals surface area contributed by atoms with Crippen molar-refractivity contribution in [2.75, 3.05) is 6.61 Å². The van der Waals surface area contributed by atoms with Gasteiger partial charge in [-0.15, -0.1) is 0 Å². The number of aliphatic hydroxyl groups excluding tert-OH is 2. The van der Waals surface area contributed by atoms with E-state index in [2.05, 4.69) is 0 Å². The molecule has 134 valence electrons. The highest BCUT2D eigenvalue weighted by molar-refractivity contribution is 5.39. The lowest BCUT2D eigenvalue weighted by atomic mass is 10.0. The molecule has 2 aromatic carbocycles. The van der Waals surface area contributed by atoms with E-state index in [-0.39, 0.29) is 6.61 Å². The Kier molecular flexibility index (Phi) is 4.73. The third-order valence-corrected chi connectivity index (χ3v) is 5.04. The first-order valence-electron chi connectivity index (χ1n) is 8.34. The van der Waals surface area contributed by atoms with Crippen LogP contribution in [0.5, 0.6) is 11.5 Å². The second kappa shape index (κ2) is 6.67. The molecule has 3 atom stereocenters. The highest BCUT2D eigenvalue weighted by Gasteiger charge is 2.74. The van der Waals surface area contributed by atoms with Gasteiger partial charge < -0.3 is 24.8 Å². The van der Waals surface area contributed by atoms with Gasteiger partial charge in [-0.2, -0.15) is 0 Å². The maximum Gasteiger partial charge on any atom is 0.161 e. The summed E-state index contributed by atoms with van der Waals surface area (Å²) in [6, 6.07) is 17.0. The third-order valence-electron chi connectivity index (χ3n) is 5.04. The SMILES string of the molecule is CC1(C)C(O)[C@]1(O)[C@@H](O)COc1ccccc1OCc1ccccc1. The first-order valence-corrected chi connectivity index (χ1v) is 8.34. The van der Waals surface area contributed by atoms with Crippen molar-refractivity contribution in [3.05, 3.63) is 60.2 Å². The Morgan fingerprint density at radius 1 is 0.960 bits per heavy atom. The number of hydrogen-bond donors (Lipinski definition) is 3. The first kappa shape index (κ1) is 17.7. The maximum atomic E-state index is 10.4. The lowest BCUT2D eigenvalue weighted by Gasteiger charge is -2.21. The molecule has 5 heteroatoms. The standard InChI is InChI=1S/C20H24O5/c1-19(2)18(22)20(19,23)17(21)13-25-16-11-7-6-10-15(16)24-12-14-8-4-3-5-9-14/h3-11,17-18,21-23H,12-13H2,1-2H3/t17-,18?,20+/m0/s1. The molecule has 0 aromatic heterocycles. The largest absolute Gasteiger partial charge is 0.487 e. The van der Waals surface area contributed by atoms with E-state index in [9.17, 15) is 15.3 Å². The second-order valence-electron chi connectivity index (χ2n) is 7.00. The Bertz CT molecular complexity index is 715. The van der Waals surface area contributed by atoms with Gasteiger partial charge in [-0.25, -0.2) is 0 Å². The highest BCUT2D eigenvalue weighted by atomic mass is 16.5. The molecule has 1 aliphatic rings. The summed E-state index contributed by atoms with van der Waals surface area (Å²) in [6.07, 6.45) is -2.16. The van der Waals surface area contributed by atoms with Gasteiger partial charge in [0, 0.05) is 5.41 Å². The molecule has 0 heterocycles. The van der Waals surface area contributed by atoms with Gasteiger partial charge in [-0.1, -0.05) is 56.3 Å². The van der Waals surface area contributed by atoms with Crippen molar-refractivity contribution in [2.24, 2.45) is 5.41 Å². The van der Waals surface area contributed by atoms with Crippen LogP contribution in [0.25, 0.3) is 0 Å². The lowest BCUT2D eigenvalue weighted by molar-refractivity contribution is -0.0595. The Morgan fingerprint density at radius 2 is 1.48 bits per heavy atom. The van der Waals surface area contributed by atoms with Crippen molar-refractivity contribution in [3.63, 3.8) is 0 Å². The second-order valence-corrected chi connectivity index (χ2v) is 7.00. The molecule has 0 radical (unpaired) electrons. The summed E-state index contributed by atoms with van der Waals surface area (Å²) in [6.45, 7) is 3.68. The predicted octanol–water partition coefficient (Wildman–Crippen LogP) is 2.14. The van der Waals surface area contributed by atoms with Gasteiger partial charge in [-0.3, -0.25) is 0 Å².